The molecule has 0 saturated heterocycles. The lowest BCUT2D eigenvalue weighted by Gasteiger charge is -2.08. The predicted octanol–water partition coefficient (Wildman–Crippen LogP) is 3.56. The second kappa shape index (κ2) is 4.94. The van der Waals surface area contributed by atoms with Gasteiger partial charge in [0.1, 0.15) is 0 Å². The highest BCUT2D eigenvalue weighted by Gasteiger charge is 2.14. The normalized spacial score (nSPS) is 12.7. The molecule has 1 heterocycles. The molecule has 0 fully saturated rings. The molecule has 0 bridgehead atoms. The molecule has 19 heavy (non-hydrogen) atoms. The highest BCUT2D eigenvalue weighted by atomic mass is 35.5. The van der Waals surface area contributed by atoms with E-state index in [1.54, 1.807) is 12.1 Å². The number of benzene rings is 2. The van der Waals surface area contributed by atoms with Crippen molar-refractivity contribution in [1.29, 1.82) is 0 Å². The minimum atomic E-state index is -0.136. The minimum absolute atomic E-state index is 0.136. The van der Waals surface area contributed by atoms with Gasteiger partial charge >= 0.3 is 0 Å². The number of anilines is 2. The number of rotatable bonds is 2. The van der Waals surface area contributed by atoms with Gasteiger partial charge in [-0.2, -0.15) is 0 Å². The number of carbonyl (C=O) groups is 1. The lowest BCUT2D eigenvalue weighted by Crippen LogP contribution is -2.12. The number of para-hydroxylation sites is 1. The standard InChI is InChI=1S/C15H13ClN2O/c16-12-3-1-2-4-14(12)18-15(19)11-5-6-13-10(9-11)7-8-17-13/h1-6,9,17H,7-8H2,(H,18,19). The number of amides is 1. The largest absolute Gasteiger partial charge is 0.384 e. The van der Waals surface area contributed by atoms with Crippen molar-refractivity contribution in [2.24, 2.45) is 0 Å². The molecule has 0 spiro atoms. The van der Waals surface area contributed by atoms with Crippen LogP contribution in [0.1, 0.15) is 15.9 Å². The maximum atomic E-state index is 12.2. The van der Waals surface area contributed by atoms with Gasteiger partial charge in [-0.15, -0.1) is 0 Å². The fourth-order valence-electron chi connectivity index (χ4n) is 2.20. The first-order chi connectivity index (χ1) is 9.24. The van der Waals surface area contributed by atoms with Gasteiger partial charge in [0.25, 0.3) is 5.91 Å². The molecular formula is C15H13ClN2O. The topological polar surface area (TPSA) is 41.1 Å². The van der Waals surface area contributed by atoms with Crippen LogP contribution < -0.4 is 10.6 Å². The Balaban J connectivity index is 1.83. The SMILES string of the molecule is O=C(Nc1ccccc1Cl)c1ccc2c(c1)CCN2. The van der Waals surface area contributed by atoms with E-state index < -0.39 is 0 Å². The van der Waals surface area contributed by atoms with Crippen molar-refractivity contribution >= 4 is 28.9 Å². The summed E-state index contributed by atoms with van der Waals surface area (Å²) in [5.41, 5.74) is 3.59. The lowest BCUT2D eigenvalue weighted by molar-refractivity contribution is 0.102. The number of hydrogen-bond donors (Lipinski definition) is 2. The molecule has 0 aromatic heterocycles. The zero-order valence-corrected chi connectivity index (χ0v) is 11.0. The monoisotopic (exact) mass is 272 g/mol. The maximum Gasteiger partial charge on any atom is 0.255 e. The van der Waals surface area contributed by atoms with Crippen LogP contribution in [-0.2, 0) is 6.42 Å². The minimum Gasteiger partial charge on any atom is -0.384 e. The van der Waals surface area contributed by atoms with Crippen LogP contribution in [0.25, 0.3) is 0 Å². The molecule has 3 rings (SSSR count). The van der Waals surface area contributed by atoms with E-state index in [4.69, 9.17) is 11.6 Å². The fourth-order valence-corrected chi connectivity index (χ4v) is 2.39. The van der Waals surface area contributed by atoms with Crippen molar-refractivity contribution in [3.05, 3.63) is 58.6 Å². The van der Waals surface area contributed by atoms with Crippen molar-refractivity contribution in [3.8, 4) is 0 Å². The number of carbonyl (C=O) groups excluding carboxylic acids is 1. The van der Waals surface area contributed by atoms with Crippen LogP contribution >= 0.6 is 11.6 Å². The van der Waals surface area contributed by atoms with E-state index in [0.717, 1.165) is 18.7 Å². The summed E-state index contributed by atoms with van der Waals surface area (Å²) in [6, 6.07) is 12.9. The molecule has 0 radical (unpaired) electrons. The molecule has 96 valence electrons. The molecule has 4 heteroatoms. The van der Waals surface area contributed by atoms with Crippen molar-refractivity contribution < 1.29 is 4.79 Å². The summed E-state index contributed by atoms with van der Waals surface area (Å²) in [5, 5.41) is 6.64. The molecule has 3 nitrogen and oxygen atoms in total. The Kier molecular flexibility index (Phi) is 3.13. The van der Waals surface area contributed by atoms with Crippen LogP contribution in [0.4, 0.5) is 11.4 Å². The predicted molar refractivity (Wildman–Crippen MR) is 78.0 cm³/mol. The summed E-state index contributed by atoms with van der Waals surface area (Å²) in [4.78, 5) is 12.2. The van der Waals surface area contributed by atoms with Crippen molar-refractivity contribution in [2.45, 2.75) is 6.42 Å². The summed E-state index contributed by atoms with van der Waals surface area (Å²) in [6.45, 7) is 0.935. The Morgan fingerprint density at radius 3 is 2.89 bits per heavy atom. The highest BCUT2D eigenvalue weighted by Crippen LogP contribution is 2.25. The summed E-state index contributed by atoms with van der Waals surface area (Å²) in [7, 11) is 0. The smallest absolute Gasteiger partial charge is 0.255 e. The zero-order chi connectivity index (χ0) is 13.2. The van der Waals surface area contributed by atoms with Gasteiger partial charge in [0, 0.05) is 17.8 Å². The summed E-state index contributed by atoms with van der Waals surface area (Å²) < 4.78 is 0. The Bertz CT molecular complexity index is 640. The molecule has 1 amide bonds. The van der Waals surface area contributed by atoms with Gasteiger partial charge < -0.3 is 10.6 Å². The molecule has 2 aromatic rings. The highest BCUT2D eigenvalue weighted by molar-refractivity contribution is 6.33. The van der Waals surface area contributed by atoms with E-state index in [-0.39, 0.29) is 5.91 Å². The Labute approximate surface area is 116 Å². The Morgan fingerprint density at radius 1 is 1.21 bits per heavy atom. The first-order valence-electron chi connectivity index (χ1n) is 6.17. The number of halogens is 1. The molecule has 2 aromatic carbocycles. The van der Waals surface area contributed by atoms with E-state index in [0.29, 0.717) is 16.3 Å². The van der Waals surface area contributed by atoms with Gasteiger partial charge in [-0.25, -0.2) is 0 Å². The third-order valence-electron chi connectivity index (χ3n) is 3.20. The van der Waals surface area contributed by atoms with Gasteiger partial charge in [0.15, 0.2) is 0 Å². The molecule has 0 saturated carbocycles. The first-order valence-corrected chi connectivity index (χ1v) is 6.54. The van der Waals surface area contributed by atoms with Crippen molar-refractivity contribution in [2.75, 3.05) is 17.2 Å². The van der Waals surface area contributed by atoms with E-state index in [2.05, 4.69) is 10.6 Å². The van der Waals surface area contributed by atoms with Crippen LogP contribution in [0.2, 0.25) is 5.02 Å². The number of fused-ring (bicyclic) bond motifs is 1. The van der Waals surface area contributed by atoms with Gasteiger partial charge in [-0.1, -0.05) is 23.7 Å². The molecule has 0 aliphatic carbocycles. The van der Waals surface area contributed by atoms with Crippen LogP contribution in [0.15, 0.2) is 42.5 Å². The van der Waals surface area contributed by atoms with Crippen LogP contribution in [0.5, 0.6) is 0 Å². The quantitative estimate of drug-likeness (QED) is 0.878. The van der Waals surface area contributed by atoms with Crippen LogP contribution in [0.3, 0.4) is 0 Å². The van der Waals surface area contributed by atoms with Gasteiger partial charge in [-0.3, -0.25) is 4.79 Å². The summed E-state index contributed by atoms with van der Waals surface area (Å²) >= 11 is 6.02. The Hall–Kier alpha value is -2.00. The molecule has 1 aliphatic rings. The van der Waals surface area contributed by atoms with Crippen LogP contribution in [0, 0.1) is 0 Å². The number of hydrogen-bond acceptors (Lipinski definition) is 2. The molecular weight excluding hydrogens is 260 g/mol. The molecule has 0 unspecified atom stereocenters. The first kappa shape index (κ1) is 12.1. The average Bonchev–Trinajstić information content (AvgIpc) is 2.88. The third kappa shape index (κ3) is 2.42. The Morgan fingerprint density at radius 2 is 2.05 bits per heavy atom. The fraction of sp³-hybridized carbons (Fsp3) is 0.133. The van der Waals surface area contributed by atoms with Crippen molar-refractivity contribution in [1.82, 2.24) is 0 Å². The zero-order valence-electron chi connectivity index (χ0n) is 10.2. The maximum absolute atomic E-state index is 12.2. The van der Waals surface area contributed by atoms with E-state index >= 15 is 0 Å². The van der Waals surface area contributed by atoms with Crippen LogP contribution in [-0.4, -0.2) is 12.5 Å². The summed E-state index contributed by atoms with van der Waals surface area (Å²) in [6.07, 6.45) is 0.961. The van der Waals surface area contributed by atoms with Crippen molar-refractivity contribution in [3.63, 3.8) is 0 Å². The van der Waals surface area contributed by atoms with E-state index in [1.165, 1.54) is 5.56 Å². The van der Waals surface area contributed by atoms with Gasteiger partial charge in [0.2, 0.25) is 0 Å². The average molecular weight is 273 g/mol. The van der Waals surface area contributed by atoms with E-state index in [9.17, 15) is 4.79 Å². The second-order valence-electron chi connectivity index (χ2n) is 4.48. The van der Waals surface area contributed by atoms with E-state index in [1.807, 2.05) is 30.3 Å². The van der Waals surface area contributed by atoms with Gasteiger partial charge in [-0.05, 0) is 42.3 Å². The molecule has 1 aliphatic heterocycles. The summed E-state index contributed by atoms with van der Waals surface area (Å²) in [5.74, 6) is -0.136. The molecule has 0 atom stereocenters. The second-order valence-corrected chi connectivity index (χ2v) is 4.89. The lowest BCUT2D eigenvalue weighted by atomic mass is 10.1. The number of nitrogens with one attached hydrogen (secondary N) is 2. The van der Waals surface area contributed by atoms with Gasteiger partial charge in [0.05, 0.1) is 10.7 Å². The third-order valence-corrected chi connectivity index (χ3v) is 3.53. The molecule has 2 N–H and O–H groups in total.